The van der Waals surface area contributed by atoms with Crippen LogP contribution in [0, 0.1) is 47.3 Å². The Morgan fingerprint density at radius 3 is 2.13 bits per heavy atom. The zero-order valence-corrected chi connectivity index (χ0v) is 32.0. The summed E-state index contributed by atoms with van der Waals surface area (Å²) < 4.78 is 19.0. The summed E-state index contributed by atoms with van der Waals surface area (Å²) in [7, 11) is -1.74. The summed E-state index contributed by atoms with van der Waals surface area (Å²) in [6.45, 7) is 28.1. The molecule has 8 unspecified atom stereocenters. The number of imidazole rings is 1. The molecule has 4 N–H and O–H groups in total. The molecule has 0 amide bonds. The summed E-state index contributed by atoms with van der Waals surface area (Å²) in [5, 5.41) is 18.7. The normalized spacial score (nSPS) is 29.9. The van der Waals surface area contributed by atoms with Crippen molar-refractivity contribution in [3.05, 3.63) is 12.7 Å². The second kappa shape index (κ2) is 15.7. The Morgan fingerprint density at radius 1 is 0.957 bits per heavy atom. The van der Waals surface area contributed by atoms with Gasteiger partial charge in [0.15, 0.2) is 0 Å². The van der Waals surface area contributed by atoms with Crippen molar-refractivity contribution in [2.75, 3.05) is 25.0 Å². The number of ether oxygens (including phenoxy) is 1. The van der Waals surface area contributed by atoms with Crippen molar-refractivity contribution in [3.63, 3.8) is 0 Å². The summed E-state index contributed by atoms with van der Waals surface area (Å²) in [5.41, 5.74) is 1.09. The van der Waals surface area contributed by atoms with Crippen molar-refractivity contribution in [3.8, 4) is 0 Å². The van der Waals surface area contributed by atoms with E-state index in [1.165, 1.54) is 19.2 Å². The van der Waals surface area contributed by atoms with Gasteiger partial charge in [0.1, 0.15) is 0 Å². The maximum atomic E-state index is 11.1. The van der Waals surface area contributed by atoms with Crippen LogP contribution in [0.1, 0.15) is 95.2 Å². The quantitative estimate of drug-likeness (QED) is 0.107. The molecule has 11 nitrogen and oxygen atoms in total. The summed E-state index contributed by atoms with van der Waals surface area (Å²) in [6, 6.07) is 0. The molecule has 2 saturated heterocycles. The first-order valence-electron chi connectivity index (χ1n) is 18.1. The van der Waals surface area contributed by atoms with Crippen LogP contribution in [0.25, 0.3) is 11.2 Å². The van der Waals surface area contributed by atoms with Gasteiger partial charge in [-0.05, 0) is 54.3 Å². The summed E-state index contributed by atoms with van der Waals surface area (Å²) in [4.78, 5) is 23.9. The van der Waals surface area contributed by atoms with E-state index < -0.39 is 32.4 Å². The van der Waals surface area contributed by atoms with Crippen molar-refractivity contribution < 1.29 is 23.8 Å². The third-order valence-corrected chi connectivity index (χ3v) is 14.4. The van der Waals surface area contributed by atoms with Crippen LogP contribution in [0.5, 0.6) is 0 Å². The average Bonchev–Trinajstić information content (AvgIpc) is 3.63. The molecule has 2 aromatic heterocycles. The van der Waals surface area contributed by atoms with E-state index in [1.807, 2.05) is 0 Å². The minimum absolute atomic E-state index is 0.0709. The van der Waals surface area contributed by atoms with E-state index in [1.54, 1.807) is 18.5 Å². The molecule has 268 valence electrons. The molecule has 0 radical (unpaired) electrons. The fourth-order valence-electron chi connectivity index (χ4n) is 7.95. The number of aliphatic hydroxyl groups is 1. The molecule has 0 bridgehead atoms. The number of aliphatic hydroxyl groups excluding tert-OH is 1. The van der Waals surface area contributed by atoms with Crippen molar-refractivity contribution in [2.45, 2.75) is 119 Å². The van der Waals surface area contributed by atoms with Crippen molar-refractivity contribution >= 4 is 32.4 Å². The van der Waals surface area contributed by atoms with E-state index in [0.29, 0.717) is 70.9 Å². The second-order valence-electron chi connectivity index (χ2n) is 15.3. The molecule has 0 saturated carbocycles. The summed E-state index contributed by atoms with van der Waals surface area (Å²) in [6.07, 6.45) is 2.58. The molecule has 2 fully saturated rings. The van der Waals surface area contributed by atoms with Gasteiger partial charge in [-0.25, -0.2) is 0 Å². The van der Waals surface area contributed by atoms with Crippen LogP contribution in [-0.2, 0) is 13.8 Å². The average molecular weight is 679 g/mol. The molecule has 0 spiro atoms. The second-order valence-corrected chi connectivity index (χ2v) is 17.6. The van der Waals surface area contributed by atoms with Crippen LogP contribution < -0.4 is 10.6 Å². The number of nitrogens with one attached hydrogen (secondary N) is 2. The van der Waals surface area contributed by atoms with E-state index in [9.17, 15) is 10.00 Å². The maximum absolute atomic E-state index is 11.1. The predicted molar refractivity (Wildman–Crippen MR) is 194 cm³/mol. The standard InChI is InChI=1S/C34H64BN6O5P/c1-12-19(3)21(5)23(7)25(9)34(11,26(10)24(8)22(6)20(4)13-2)40-15-14-36-31-28-32(38-17-37-31)41(18-39-28)33-29(42)30-27(45-33)16-44-47(35,43)46-30/h17-27,29-30,33,40,42-43,47H,12-16,35H2,1-11H3,(H,36,37,38)/t19?,20?,21?,22?,23?,24?,25?,26?,27-,29+,30+,33-,34?/m1/s1. The van der Waals surface area contributed by atoms with E-state index >= 15 is 0 Å². The van der Waals surface area contributed by atoms with Crippen LogP contribution in [-0.4, -0.2) is 80.6 Å². The Labute approximate surface area is 284 Å². The number of nitrogens with zero attached hydrogens (tertiary/aromatic N) is 4. The molecule has 2 aromatic rings. The Kier molecular flexibility index (Phi) is 12.8. The van der Waals surface area contributed by atoms with Crippen LogP contribution in [0.15, 0.2) is 12.7 Å². The van der Waals surface area contributed by atoms with Crippen molar-refractivity contribution in [1.29, 1.82) is 0 Å². The summed E-state index contributed by atoms with van der Waals surface area (Å²) >= 11 is 0. The first kappa shape index (κ1) is 38.4. The van der Waals surface area contributed by atoms with Gasteiger partial charge >= 0.3 is 143 Å². The van der Waals surface area contributed by atoms with Crippen LogP contribution in [0.4, 0.5) is 5.82 Å². The zero-order chi connectivity index (χ0) is 34.8. The molecule has 12 atom stereocenters. The van der Waals surface area contributed by atoms with E-state index in [-0.39, 0.29) is 12.1 Å². The molecular weight excluding hydrogens is 614 g/mol. The van der Waals surface area contributed by atoms with Gasteiger partial charge in [-0.15, -0.1) is 0 Å². The van der Waals surface area contributed by atoms with E-state index in [0.717, 1.165) is 6.54 Å². The number of anilines is 1. The van der Waals surface area contributed by atoms with Gasteiger partial charge in [0.2, 0.25) is 0 Å². The summed E-state index contributed by atoms with van der Waals surface area (Å²) in [5.74, 6) is 5.34. The number of hydrogen-bond acceptors (Lipinski definition) is 10. The van der Waals surface area contributed by atoms with Crippen LogP contribution in [0.3, 0.4) is 0 Å². The monoisotopic (exact) mass is 678 g/mol. The van der Waals surface area contributed by atoms with Gasteiger partial charge < -0.3 is 0 Å². The zero-order valence-electron chi connectivity index (χ0n) is 31.0. The van der Waals surface area contributed by atoms with Gasteiger partial charge in [0, 0.05) is 5.54 Å². The van der Waals surface area contributed by atoms with Crippen molar-refractivity contribution in [2.24, 2.45) is 47.3 Å². The molecule has 0 aromatic carbocycles. The fourth-order valence-corrected chi connectivity index (χ4v) is 9.29. The number of hydrogen-bond donors (Lipinski definition) is 4. The SMILES string of the molecule is B[PH]1(O)OC[C@H]2O[C@@H](n3cnc4c(NCCNC(C)(C(C)C(C)C(C)C(C)CC)C(C)C(C)C(C)C(C)CC)ncnc43)[C@@H](O)[C@H]2O1. The van der Waals surface area contributed by atoms with E-state index in [2.05, 4.69) is 102 Å². The first-order chi connectivity index (χ1) is 22.1. The van der Waals surface area contributed by atoms with Crippen LogP contribution >= 0.6 is 7.82 Å². The third-order valence-electron chi connectivity index (χ3n) is 12.9. The Morgan fingerprint density at radius 2 is 1.55 bits per heavy atom. The van der Waals surface area contributed by atoms with Gasteiger partial charge in [0.05, 0.1) is 0 Å². The van der Waals surface area contributed by atoms with E-state index in [4.69, 9.17) is 13.8 Å². The minimum atomic E-state index is -3.29. The van der Waals surface area contributed by atoms with Gasteiger partial charge in [-0.3, -0.25) is 0 Å². The fraction of sp³-hybridized carbons (Fsp3) is 0.853. The topological polar surface area (TPSA) is 136 Å². The molecule has 2 aliphatic heterocycles. The first-order valence-corrected chi connectivity index (χ1v) is 20.4. The van der Waals surface area contributed by atoms with Gasteiger partial charge in [0.25, 0.3) is 0 Å². The number of rotatable bonds is 16. The Hall–Kier alpha value is -1.40. The molecule has 4 heterocycles. The molecule has 0 aliphatic carbocycles. The molecule has 4 rings (SSSR count). The molecule has 13 heteroatoms. The number of fused-ring (bicyclic) bond motifs is 2. The van der Waals surface area contributed by atoms with Crippen molar-refractivity contribution in [1.82, 2.24) is 24.8 Å². The molecular formula is C34H64BN6O5P. The third kappa shape index (κ3) is 8.00. The number of aromatic nitrogens is 4. The van der Waals surface area contributed by atoms with Crippen LogP contribution in [0.2, 0.25) is 0 Å². The Balaban J connectivity index is 1.48. The van der Waals surface area contributed by atoms with Gasteiger partial charge in [-0.2, -0.15) is 0 Å². The molecule has 2 aliphatic rings. The Bertz CT molecular complexity index is 1270. The predicted octanol–water partition coefficient (Wildman–Crippen LogP) is 5.20. The van der Waals surface area contributed by atoms with Gasteiger partial charge in [-0.1, -0.05) is 82.1 Å². The molecule has 47 heavy (non-hydrogen) atoms.